The zero-order valence-corrected chi connectivity index (χ0v) is 19.5. The number of hydrogen-bond donors (Lipinski definition) is 1. The smallest absolute Gasteiger partial charge is 0.321 e. The van der Waals surface area contributed by atoms with Crippen LogP contribution in [0.3, 0.4) is 0 Å². The lowest BCUT2D eigenvalue weighted by molar-refractivity contribution is 0.139. The summed E-state index contributed by atoms with van der Waals surface area (Å²) in [6.45, 7) is 5.41. The van der Waals surface area contributed by atoms with Crippen molar-refractivity contribution in [1.82, 2.24) is 14.7 Å². The van der Waals surface area contributed by atoms with Crippen molar-refractivity contribution in [3.05, 3.63) is 53.6 Å². The van der Waals surface area contributed by atoms with E-state index in [1.165, 1.54) is 5.56 Å². The van der Waals surface area contributed by atoms with Gasteiger partial charge in [0.1, 0.15) is 11.5 Å². The lowest BCUT2D eigenvalue weighted by Gasteiger charge is -2.36. The summed E-state index contributed by atoms with van der Waals surface area (Å²) in [6.07, 6.45) is 1.55. The number of likely N-dealkylation sites (tertiary alicyclic amines) is 1. The molecule has 2 aliphatic heterocycles. The Morgan fingerprint density at radius 1 is 1.00 bits per heavy atom. The molecule has 2 heterocycles. The maximum absolute atomic E-state index is 13.0. The van der Waals surface area contributed by atoms with E-state index < -0.39 is 0 Å². The fourth-order valence-electron chi connectivity index (χ4n) is 4.58. The summed E-state index contributed by atoms with van der Waals surface area (Å²) in [5.74, 6) is 1.23. The number of rotatable bonds is 6. The Bertz CT molecular complexity index is 981. The fraction of sp³-hybridized carbons (Fsp3) is 0.440. The summed E-state index contributed by atoms with van der Waals surface area (Å²) >= 11 is 0. The third-order valence-corrected chi connectivity index (χ3v) is 6.38. The summed E-state index contributed by atoms with van der Waals surface area (Å²) < 4.78 is 10.5. The van der Waals surface area contributed by atoms with Gasteiger partial charge in [-0.25, -0.2) is 9.59 Å². The van der Waals surface area contributed by atoms with Gasteiger partial charge in [-0.1, -0.05) is 29.8 Å². The molecule has 0 bridgehead atoms. The van der Waals surface area contributed by atoms with Crippen molar-refractivity contribution >= 4 is 17.7 Å². The Morgan fingerprint density at radius 2 is 1.70 bits per heavy atom. The molecule has 0 spiro atoms. The number of carbonyl (C=O) groups excluding carboxylic acids is 2. The molecule has 0 unspecified atom stereocenters. The molecule has 8 heteroatoms. The summed E-state index contributed by atoms with van der Waals surface area (Å²) in [5.41, 5.74) is 2.99. The van der Waals surface area contributed by atoms with Crippen LogP contribution in [0.2, 0.25) is 0 Å². The van der Waals surface area contributed by atoms with E-state index in [9.17, 15) is 9.59 Å². The number of urea groups is 2. The number of nitrogens with one attached hydrogen (secondary N) is 1. The number of carbonyl (C=O) groups is 2. The predicted molar refractivity (Wildman–Crippen MR) is 127 cm³/mol. The van der Waals surface area contributed by atoms with Crippen LogP contribution in [-0.2, 0) is 6.54 Å². The van der Waals surface area contributed by atoms with Crippen LogP contribution in [0.25, 0.3) is 0 Å². The Morgan fingerprint density at radius 3 is 2.33 bits per heavy atom. The van der Waals surface area contributed by atoms with Crippen LogP contribution in [0, 0.1) is 6.92 Å². The van der Waals surface area contributed by atoms with Gasteiger partial charge in [-0.05, 0) is 25.3 Å². The van der Waals surface area contributed by atoms with Gasteiger partial charge < -0.3 is 29.5 Å². The molecule has 4 amide bonds. The average Bonchev–Trinajstić information content (AvgIpc) is 3.18. The van der Waals surface area contributed by atoms with Crippen molar-refractivity contribution in [2.75, 3.05) is 45.7 Å². The molecule has 0 saturated carbocycles. The minimum atomic E-state index is -0.155. The largest absolute Gasteiger partial charge is 0.497 e. The second-order valence-electron chi connectivity index (χ2n) is 8.64. The number of piperidine rings is 1. The van der Waals surface area contributed by atoms with Gasteiger partial charge in [0.2, 0.25) is 0 Å². The molecule has 2 aromatic carbocycles. The summed E-state index contributed by atoms with van der Waals surface area (Å²) in [4.78, 5) is 31.5. The first kappa shape index (κ1) is 22.8. The van der Waals surface area contributed by atoms with Crippen LogP contribution in [0.15, 0.2) is 42.5 Å². The standard InChI is InChI=1S/C25H32N4O4/c1-18-5-4-6-19(13-18)17-28-11-12-29(25(28)31)21-7-9-27(10-8-21)24(30)26-20-14-22(32-2)16-23(15-20)33-3/h4-6,13-16,21H,7-12,17H2,1-3H3,(H,26,30). The van der Waals surface area contributed by atoms with Crippen molar-refractivity contribution in [2.45, 2.75) is 32.4 Å². The fourth-order valence-corrected chi connectivity index (χ4v) is 4.58. The molecule has 2 aromatic rings. The number of ether oxygens (including phenoxy) is 2. The van der Waals surface area contributed by atoms with E-state index in [0.29, 0.717) is 36.8 Å². The molecule has 4 rings (SSSR count). The molecule has 0 atom stereocenters. The van der Waals surface area contributed by atoms with Crippen LogP contribution in [0.4, 0.5) is 15.3 Å². The lowest BCUT2D eigenvalue weighted by Crippen LogP contribution is -2.49. The van der Waals surface area contributed by atoms with Gasteiger partial charge in [0, 0.05) is 62.7 Å². The first-order valence-corrected chi connectivity index (χ1v) is 11.4. The van der Waals surface area contributed by atoms with Gasteiger partial charge >= 0.3 is 12.1 Å². The second-order valence-corrected chi connectivity index (χ2v) is 8.64. The van der Waals surface area contributed by atoms with Crippen LogP contribution in [0.5, 0.6) is 11.5 Å². The van der Waals surface area contributed by atoms with E-state index in [-0.39, 0.29) is 18.1 Å². The first-order valence-electron chi connectivity index (χ1n) is 11.4. The number of methoxy groups -OCH3 is 2. The Labute approximate surface area is 195 Å². The van der Waals surface area contributed by atoms with E-state index in [4.69, 9.17) is 9.47 Å². The highest BCUT2D eigenvalue weighted by atomic mass is 16.5. The molecule has 8 nitrogen and oxygen atoms in total. The third-order valence-electron chi connectivity index (χ3n) is 6.38. The molecule has 0 radical (unpaired) electrons. The first-order chi connectivity index (χ1) is 16.0. The monoisotopic (exact) mass is 452 g/mol. The maximum atomic E-state index is 13.0. The van der Waals surface area contributed by atoms with E-state index in [1.54, 1.807) is 37.3 Å². The zero-order chi connectivity index (χ0) is 23.4. The van der Waals surface area contributed by atoms with Crippen molar-refractivity contribution in [2.24, 2.45) is 0 Å². The SMILES string of the molecule is COc1cc(NC(=O)N2CCC(N3CCN(Cc4cccc(C)c4)C3=O)CC2)cc(OC)c1. The van der Waals surface area contributed by atoms with Gasteiger partial charge in [0.25, 0.3) is 0 Å². The molecule has 0 aromatic heterocycles. The van der Waals surface area contributed by atoms with Crippen molar-refractivity contribution in [3.8, 4) is 11.5 Å². The van der Waals surface area contributed by atoms with Gasteiger partial charge in [0.15, 0.2) is 0 Å². The van der Waals surface area contributed by atoms with Crippen molar-refractivity contribution in [3.63, 3.8) is 0 Å². The van der Waals surface area contributed by atoms with Crippen LogP contribution in [0.1, 0.15) is 24.0 Å². The molecule has 33 heavy (non-hydrogen) atoms. The average molecular weight is 453 g/mol. The zero-order valence-electron chi connectivity index (χ0n) is 19.5. The molecule has 2 aliphatic rings. The minimum Gasteiger partial charge on any atom is -0.497 e. The van der Waals surface area contributed by atoms with Crippen LogP contribution < -0.4 is 14.8 Å². The van der Waals surface area contributed by atoms with E-state index in [2.05, 4.69) is 30.4 Å². The van der Waals surface area contributed by atoms with E-state index >= 15 is 0 Å². The number of hydrogen-bond acceptors (Lipinski definition) is 4. The quantitative estimate of drug-likeness (QED) is 0.720. The molecule has 0 aliphatic carbocycles. The van der Waals surface area contributed by atoms with E-state index in [0.717, 1.165) is 31.5 Å². The summed E-state index contributed by atoms with van der Waals surface area (Å²) in [7, 11) is 3.15. The van der Waals surface area contributed by atoms with Crippen molar-refractivity contribution < 1.29 is 19.1 Å². The van der Waals surface area contributed by atoms with E-state index in [1.807, 2.05) is 15.9 Å². The highest BCUT2D eigenvalue weighted by Gasteiger charge is 2.36. The Kier molecular flexibility index (Phi) is 6.91. The number of benzene rings is 2. The van der Waals surface area contributed by atoms with Crippen LogP contribution >= 0.6 is 0 Å². The van der Waals surface area contributed by atoms with Crippen LogP contribution in [-0.4, -0.2) is 73.2 Å². The normalized spacial score (nSPS) is 16.8. The van der Waals surface area contributed by atoms with Gasteiger partial charge in [-0.15, -0.1) is 0 Å². The number of anilines is 1. The second kappa shape index (κ2) is 10.0. The number of aryl methyl sites for hydroxylation is 1. The molecular weight excluding hydrogens is 420 g/mol. The lowest BCUT2D eigenvalue weighted by atomic mass is 10.0. The molecule has 2 fully saturated rings. The maximum Gasteiger partial charge on any atom is 0.321 e. The summed E-state index contributed by atoms with van der Waals surface area (Å²) in [5, 5.41) is 2.93. The minimum absolute atomic E-state index is 0.0999. The van der Waals surface area contributed by atoms with Gasteiger partial charge in [-0.2, -0.15) is 0 Å². The number of nitrogens with zero attached hydrogens (tertiary/aromatic N) is 3. The topological polar surface area (TPSA) is 74.4 Å². The van der Waals surface area contributed by atoms with Crippen molar-refractivity contribution in [1.29, 1.82) is 0 Å². The Hall–Kier alpha value is -3.42. The molecular formula is C25H32N4O4. The Balaban J connectivity index is 1.30. The van der Waals surface area contributed by atoms with Gasteiger partial charge in [0.05, 0.1) is 14.2 Å². The molecule has 2 saturated heterocycles. The summed E-state index contributed by atoms with van der Waals surface area (Å²) in [6, 6.07) is 13.7. The third kappa shape index (κ3) is 5.32. The highest BCUT2D eigenvalue weighted by Crippen LogP contribution is 2.27. The molecule has 176 valence electrons. The predicted octanol–water partition coefficient (Wildman–Crippen LogP) is 3.95. The van der Waals surface area contributed by atoms with Gasteiger partial charge in [-0.3, -0.25) is 0 Å². The molecule has 1 N–H and O–H groups in total. The highest BCUT2D eigenvalue weighted by molar-refractivity contribution is 5.90. The number of amides is 4.